The van der Waals surface area contributed by atoms with Crippen LogP contribution in [0.25, 0.3) is 0 Å². The van der Waals surface area contributed by atoms with Crippen molar-refractivity contribution >= 4 is 17.7 Å². The molecule has 0 bridgehead atoms. The number of thioether (sulfide) groups is 1. The van der Waals surface area contributed by atoms with Crippen molar-refractivity contribution in [3.05, 3.63) is 59.2 Å². The number of carboxylic acids is 1. The van der Waals surface area contributed by atoms with Crippen LogP contribution in [0.4, 0.5) is 8.78 Å². The Morgan fingerprint density at radius 2 is 1.95 bits per heavy atom. The molecular weight excluding hydrogens is 298 g/mol. The van der Waals surface area contributed by atoms with Gasteiger partial charge in [0.15, 0.2) is 11.6 Å². The molecule has 21 heavy (non-hydrogen) atoms. The Bertz CT molecular complexity index is 660. The molecule has 2 rings (SSSR count). The van der Waals surface area contributed by atoms with Gasteiger partial charge in [-0.2, -0.15) is 0 Å². The van der Waals surface area contributed by atoms with E-state index in [9.17, 15) is 18.7 Å². The maximum atomic E-state index is 13.9. The SMILES string of the molecule is COc1cc(F)c(F)c(CSc2ccccc2)c1C(=O)O. The Morgan fingerprint density at radius 3 is 2.52 bits per heavy atom. The molecule has 3 nitrogen and oxygen atoms in total. The maximum absolute atomic E-state index is 13.9. The zero-order valence-electron chi connectivity index (χ0n) is 11.1. The lowest BCUT2D eigenvalue weighted by atomic mass is 10.1. The van der Waals surface area contributed by atoms with Gasteiger partial charge < -0.3 is 9.84 Å². The zero-order chi connectivity index (χ0) is 15.4. The summed E-state index contributed by atoms with van der Waals surface area (Å²) >= 11 is 1.22. The fraction of sp³-hybridized carbons (Fsp3) is 0.133. The van der Waals surface area contributed by atoms with E-state index in [0.717, 1.165) is 11.0 Å². The highest BCUT2D eigenvalue weighted by atomic mass is 32.2. The van der Waals surface area contributed by atoms with Gasteiger partial charge in [0, 0.05) is 22.3 Å². The number of ether oxygens (including phenoxy) is 1. The summed E-state index contributed by atoms with van der Waals surface area (Å²) in [6, 6.07) is 9.80. The molecule has 0 amide bonds. The number of hydrogen-bond acceptors (Lipinski definition) is 3. The standard InChI is InChI=1S/C15H12F2O3S/c1-20-12-7-11(16)14(17)10(13(12)15(18)19)8-21-9-5-3-2-4-6-9/h2-7H,8H2,1H3,(H,18,19). The lowest BCUT2D eigenvalue weighted by Crippen LogP contribution is -2.09. The quantitative estimate of drug-likeness (QED) is 0.849. The van der Waals surface area contributed by atoms with Gasteiger partial charge >= 0.3 is 5.97 Å². The summed E-state index contributed by atoms with van der Waals surface area (Å²) in [4.78, 5) is 12.1. The summed E-state index contributed by atoms with van der Waals surface area (Å²) in [6.45, 7) is 0. The van der Waals surface area contributed by atoms with E-state index >= 15 is 0 Å². The third-order valence-electron chi connectivity index (χ3n) is 2.84. The van der Waals surface area contributed by atoms with Crippen LogP contribution in [0.2, 0.25) is 0 Å². The molecule has 0 aliphatic carbocycles. The fourth-order valence-electron chi connectivity index (χ4n) is 1.86. The van der Waals surface area contributed by atoms with Crippen molar-refractivity contribution in [2.24, 2.45) is 0 Å². The van der Waals surface area contributed by atoms with Crippen LogP contribution in [0, 0.1) is 11.6 Å². The van der Waals surface area contributed by atoms with E-state index in [-0.39, 0.29) is 22.6 Å². The topological polar surface area (TPSA) is 46.5 Å². The molecule has 0 unspecified atom stereocenters. The molecule has 0 spiro atoms. The molecule has 1 N–H and O–H groups in total. The van der Waals surface area contributed by atoms with Crippen LogP contribution in [0.1, 0.15) is 15.9 Å². The Hall–Kier alpha value is -2.08. The Labute approximate surface area is 124 Å². The molecule has 0 fully saturated rings. The first-order valence-corrected chi connectivity index (χ1v) is 6.99. The molecule has 0 saturated carbocycles. The number of aromatic carboxylic acids is 1. The minimum Gasteiger partial charge on any atom is -0.496 e. The van der Waals surface area contributed by atoms with Gasteiger partial charge in [-0.15, -0.1) is 11.8 Å². The highest BCUT2D eigenvalue weighted by Crippen LogP contribution is 2.32. The van der Waals surface area contributed by atoms with Gasteiger partial charge in [-0.1, -0.05) is 18.2 Å². The summed E-state index contributed by atoms with van der Waals surface area (Å²) in [7, 11) is 1.22. The zero-order valence-corrected chi connectivity index (χ0v) is 11.9. The third kappa shape index (κ3) is 3.33. The molecule has 0 radical (unpaired) electrons. The van der Waals surface area contributed by atoms with Gasteiger partial charge in [0.05, 0.1) is 7.11 Å². The summed E-state index contributed by atoms with van der Waals surface area (Å²) in [5.41, 5.74) is -0.562. The molecule has 2 aromatic rings. The molecule has 2 aromatic carbocycles. The molecule has 0 aromatic heterocycles. The molecular formula is C15H12F2O3S. The van der Waals surface area contributed by atoms with Crippen LogP contribution in [-0.4, -0.2) is 18.2 Å². The van der Waals surface area contributed by atoms with E-state index in [1.165, 1.54) is 18.9 Å². The number of methoxy groups -OCH3 is 1. The first-order chi connectivity index (χ1) is 10.0. The number of hydrogen-bond donors (Lipinski definition) is 1. The predicted molar refractivity (Wildman–Crippen MR) is 75.9 cm³/mol. The Morgan fingerprint density at radius 1 is 1.29 bits per heavy atom. The average molecular weight is 310 g/mol. The van der Waals surface area contributed by atoms with Gasteiger partial charge in [0.2, 0.25) is 0 Å². The number of benzene rings is 2. The maximum Gasteiger partial charge on any atom is 0.339 e. The normalized spacial score (nSPS) is 10.4. The van der Waals surface area contributed by atoms with E-state index in [4.69, 9.17) is 4.74 Å². The van der Waals surface area contributed by atoms with Crippen LogP contribution < -0.4 is 4.74 Å². The van der Waals surface area contributed by atoms with Crippen LogP contribution in [0.3, 0.4) is 0 Å². The van der Waals surface area contributed by atoms with Crippen LogP contribution in [0.15, 0.2) is 41.3 Å². The second kappa shape index (κ2) is 6.58. The highest BCUT2D eigenvalue weighted by molar-refractivity contribution is 7.98. The summed E-state index contributed by atoms with van der Waals surface area (Å²) < 4.78 is 32.3. The van der Waals surface area contributed by atoms with Crippen LogP contribution >= 0.6 is 11.8 Å². The van der Waals surface area contributed by atoms with E-state index in [1.54, 1.807) is 12.1 Å². The number of carboxylic acid groups (broad SMARTS) is 1. The highest BCUT2D eigenvalue weighted by Gasteiger charge is 2.24. The van der Waals surface area contributed by atoms with E-state index < -0.39 is 17.6 Å². The van der Waals surface area contributed by atoms with E-state index in [0.29, 0.717) is 0 Å². The van der Waals surface area contributed by atoms with Crippen molar-refractivity contribution in [2.45, 2.75) is 10.6 Å². The van der Waals surface area contributed by atoms with Gasteiger partial charge in [-0.25, -0.2) is 13.6 Å². The van der Waals surface area contributed by atoms with Crippen molar-refractivity contribution in [3.63, 3.8) is 0 Å². The smallest absolute Gasteiger partial charge is 0.339 e. The van der Waals surface area contributed by atoms with Crippen molar-refractivity contribution < 1.29 is 23.4 Å². The van der Waals surface area contributed by atoms with Gasteiger partial charge in [-0.3, -0.25) is 0 Å². The van der Waals surface area contributed by atoms with Crippen molar-refractivity contribution in [1.29, 1.82) is 0 Å². The number of rotatable bonds is 5. The monoisotopic (exact) mass is 310 g/mol. The van der Waals surface area contributed by atoms with Crippen LogP contribution in [-0.2, 0) is 5.75 Å². The average Bonchev–Trinajstić information content (AvgIpc) is 2.48. The van der Waals surface area contributed by atoms with Crippen molar-refractivity contribution in [3.8, 4) is 5.75 Å². The first-order valence-electron chi connectivity index (χ1n) is 6.00. The molecule has 0 aliphatic heterocycles. The third-order valence-corrected chi connectivity index (χ3v) is 3.88. The fourth-order valence-corrected chi connectivity index (χ4v) is 2.79. The molecule has 0 saturated heterocycles. The summed E-state index contributed by atoms with van der Waals surface area (Å²) in [6.07, 6.45) is 0. The number of carbonyl (C=O) groups is 1. The van der Waals surface area contributed by atoms with Gasteiger partial charge in [0.1, 0.15) is 11.3 Å². The second-order valence-corrected chi connectivity index (χ2v) is 5.18. The molecule has 0 heterocycles. The van der Waals surface area contributed by atoms with Crippen molar-refractivity contribution in [1.82, 2.24) is 0 Å². The first kappa shape index (κ1) is 15.3. The van der Waals surface area contributed by atoms with Crippen molar-refractivity contribution in [2.75, 3.05) is 7.11 Å². The molecule has 0 atom stereocenters. The Balaban J connectivity index is 2.41. The number of halogens is 2. The Kier molecular flexibility index (Phi) is 4.80. The molecule has 0 aliphatic rings. The lowest BCUT2D eigenvalue weighted by Gasteiger charge is -2.12. The second-order valence-electron chi connectivity index (χ2n) is 4.14. The van der Waals surface area contributed by atoms with Crippen LogP contribution in [0.5, 0.6) is 5.75 Å². The van der Waals surface area contributed by atoms with Gasteiger partial charge in [0.25, 0.3) is 0 Å². The van der Waals surface area contributed by atoms with E-state index in [2.05, 4.69) is 0 Å². The lowest BCUT2D eigenvalue weighted by molar-refractivity contribution is 0.0691. The van der Waals surface area contributed by atoms with E-state index in [1.807, 2.05) is 18.2 Å². The minimum atomic E-state index is -1.35. The molecule has 110 valence electrons. The molecule has 6 heteroatoms. The predicted octanol–water partition coefficient (Wildman–Crippen LogP) is 3.96. The van der Waals surface area contributed by atoms with Gasteiger partial charge in [-0.05, 0) is 12.1 Å². The largest absolute Gasteiger partial charge is 0.496 e. The summed E-state index contributed by atoms with van der Waals surface area (Å²) in [5.74, 6) is -3.83. The minimum absolute atomic E-state index is 0.00833. The summed E-state index contributed by atoms with van der Waals surface area (Å²) in [5, 5.41) is 9.21.